The molecule has 4 heteroatoms. The molecule has 2 aliphatic rings. The van der Waals surface area contributed by atoms with Crippen LogP contribution in [0.5, 0.6) is 0 Å². The Kier molecular flexibility index (Phi) is 2.82. The van der Waals surface area contributed by atoms with Crippen LogP contribution >= 0.6 is 0 Å². The third-order valence-corrected chi connectivity index (χ3v) is 2.96. The van der Waals surface area contributed by atoms with E-state index in [1.54, 1.807) is 0 Å². The summed E-state index contributed by atoms with van der Waals surface area (Å²) in [7, 11) is 0. The van der Waals surface area contributed by atoms with Gasteiger partial charge in [-0.2, -0.15) is 0 Å². The minimum atomic E-state index is -0.535. The van der Waals surface area contributed by atoms with E-state index >= 15 is 0 Å². The van der Waals surface area contributed by atoms with E-state index in [1.165, 1.54) is 0 Å². The number of nitrogens with two attached hydrogens (primary N) is 1. The molecule has 1 saturated carbocycles. The highest BCUT2D eigenvalue weighted by molar-refractivity contribution is 5.01. The topological polar surface area (TPSA) is 53.7 Å². The van der Waals surface area contributed by atoms with Crippen molar-refractivity contribution in [3.8, 4) is 0 Å². The van der Waals surface area contributed by atoms with Gasteiger partial charge in [0, 0.05) is 6.04 Å². The summed E-state index contributed by atoms with van der Waals surface area (Å²) in [5, 5.41) is 0. The van der Waals surface area contributed by atoms with Crippen molar-refractivity contribution in [2.45, 2.75) is 76.8 Å². The van der Waals surface area contributed by atoms with Gasteiger partial charge in [-0.3, -0.25) is 0 Å². The zero-order valence-electron chi connectivity index (χ0n) is 10.8. The van der Waals surface area contributed by atoms with E-state index in [1.807, 2.05) is 34.6 Å². The Morgan fingerprint density at radius 3 is 2.31 bits per heavy atom. The number of fused-ring (bicyclic) bond motifs is 1. The van der Waals surface area contributed by atoms with Crippen molar-refractivity contribution < 1.29 is 14.2 Å². The Morgan fingerprint density at radius 1 is 1.19 bits per heavy atom. The van der Waals surface area contributed by atoms with Crippen molar-refractivity contribution in [2.24, 2.45) is 5.73 Å². The van der Waals surface area contributed by atoms with Crippen LogP contribution in [0.1, 0.15) is 41.0 Å². The van der Waals surface area contributed by atoms with Crippen LogP contribution in [-0.2, 0) is 14.2 Å². The molecule has 1 aliphatic heterocycles. The zero-order chi connectivity index (χ0) is 12.1. The molecule has 4 nitrogen and oxygen atoms in total. The van der Waals surface area contributed by atoms with Gasteiger partial charge in [-0.1, -0.05) is 0 Å². The minimum Gasteiger partial charge on any atom is -0.370 e. The van der Waals surface area contributed by atoms with Gasteiger partial charge >= 0.3 is 0 Å². The lowest BCUT2D eigenvalue weighted by molar-refractivity contribution is -0.179. The molecule has 4 unspecified atom stereocenters. The van der Waals surface area contributed by atoms with E-state index in [0.717, 1.165) is 6.42 Å². The third-order valence-electron chi connectivity index (χ3n) is 2.96. The maximum atomic E-state index is 6.07. The molecule has 0 bridgehead atoms. The SMILES string of the molecule is CC(C)(C)OC1CC(N)C2OC(C)(C)OC12. The second-order valence-corrected chi connectivity index (χ2v) is 6.23. The predicted molar refractivity (Wildman–Crippen MR) is 61.0 cm³/mol. The van der Waals surface area contributed by atoms with E-state index in [4.69, 9.17) is 19.9 Å². The molecule has 0 aromatic heterocycles. The summed E-state index contributed by atoms with van der Waals surface area (Å²) in [6, 6.07) is 0.0131. The molecule has 0 radical (unpaired) electrons. The number of hydrogen-bond acceptors (Lipinski definition) is 4. The maximum Gasteiger partial charge on any atom is 0.163 e. The van der Waals surface area contributed by atoms with Gasteiger partial charge in [0.25, 0.3) is 0 Å². The number of rotatable bonds is 1. The molecule has 0 amide bonds. The fraction of sp³-hybridized carbons (Fsp3) is 1.00. The van der Waals surface area contributed by atoms with Gasteiger partial charge in [-0.15, -0.1) is 0 Å². The molecule has 1 saturated heterocycles. The molecule has 16 heavy (non-hydrogen) atoms. The summed E-state index contributed by atoms with van der Waals surface area (Å²) >= 11 is 0. The Hall–Kier alpha value is -0.160. The zero-order valence-corrected chi connectivity index (χ0v) is 10.8. The summed E-state index contributed by atoms with van der Waals surface area (Å²) in [5.74, 6) is -0.535. The Bertz CT molecular complexity index is 272. The lowest BCUT2D eigenvalue weighted by Crippen LogP contribution is -2.36. The molecule has 1 heterocycles. The van der Waals surface area contributed by atoms with Crippen LogP contribution in [0, 0.1) is 0 Å². The second kappa shape index (κ2) is 3.67. The van der Waals surface area contributed by atoms with Gasteiger partial charge in [0.1, 0.15) is 12.2 Å². The summed E-state index contributed by atoms with van der Waals surface area (Å²) in [4.78, 5) is 0. The molecule has 2 fully saturated rings. The van der Waals surface area contributed by atoms with E-state index in [2.05, 4.69) is 0 Å². The summed E-state index contributed by atoms with van der Waals surface area (Å²) in [6.07, 6.45) is 0.802. The lowest BCUT2D eigenvalue weighted by atomic mass is 10.1. The minimum absolute atomic E-state index is 0.0131. The molecule has 2 rings (SSSR count). The molecule has 0 aromatic rings. The number of hydrogen-bond donors (Lipinski definition) is 1. The largest absolute Gasteiger partial charge is 0.370 e. The summed E-state index contributed by atoms with van der Waals surface area (Å²) in [5.41, 5.74) is 5.89. The average Bonchev–Trinajstić information content (AvgIpc) is 2.48. The average molecular weight is 229 g/mol. The van der Waals surface area contributed by atoms with Crippen LogP contribution in [0.25, 0.3) is 0 Å². The maximum absolute atomic E-state index is 6.07. The second-order valence-electron chi connectivity index (χ2n) is 6.23. The van der Waals surface area contributed by atoms with Crippen molar-refractivity contribution in [3.63, 3.8) is 0 Å². The molecule has 2 N–H and O–H groups in total. The third kappa shape index (κ3) is 2.40. The summed E-state index contributed by atoms with van der Waals surface area (Å²) < 4.78 is 17.7. The highest BCUT2D eigenvalue weighted by atomic mass is 16.8. The van der Waals surface area contributed by atoms with E-state index in [9.17, 15) is 0 Å². The first-order chi connectivity index (χ1) is 7.18. The van der Waals surface area contributed by atoms with Crippen LogP contribution in [0.15, 0.2) is 0 Å². The molecular formula is C12H23NO3. The van der Waals surface area contributed by atoms with Crippen LogP contribution in [0.2, 0.25) is 0 Å². The quantitative estimate of drug-likeness (QED) is 0.739. The first-order valence-electron chi connectivity index (χ1n) is 5.97. The Labute approximate surface area is 97.4 Å². The van der Waals surface area contributed by atoms with Crippen molar-refractivity contribution in [1.82, 2.24) is 0 Å². The molecule has 0 aromatic carbocycles. The van der Waals surface area contributed by atoms with Crippen molar-refractivity contribution in [1.29, 1.82) is 0 Å². The molecule has 4 atom stereocenters. The van der Waals surface area contributed by atoms with Crippen LogP contribution in [-0.4, -0.2) is 35.7 Å². The van der Waals surface area contributed by atoms with E-state index in [-0.39, 0.29) is 30.0 Å². The highest BCUT2D eigenvalue weighted by Gasteiger charge is 2.54. The molecular weight excluding hydrogens is 206 g/mol. The van der Waals surface area contributed by atoms with Gasteiger partial charge in [0.15, 0.2) is 5.79 Å². The molecule has 1 aliphatic carbocycles. The van der Waals surface area contributed by atoms with Crippen LogP contribution in [0.4, 0.5) is 0 Å². The first-order valence-corrected chi connectivity index (χ1v) is 5.97. The Balaban J connectivity index is 2.07. The number of ether oxygens (including phenoxy) is 3. The lowest BCUT2D eigenvalue weighted by Gasteiger charge is -2.28. The smallest absolute Gasteiger partial charge is 0.163 e. The van der Waals surface area contributed by atoms with Crippen molar-refractivity contribution >= 4 is 0 Å². The van der Waals surface area contributed by atoms with Gasteiger partial charge in [0.05, 0.1) is 11.7 Å². The van der Waals surface area contributed by atoms with Gasteiger partial charge in [-0.25, -0.2) is 0 Å². The highest BCUT2D eigenvalue weighted by Crippen LogP contribution is 2.40. The fourth-order valence-electron chi connectivity index (χ4n) is 2.54. The standard InChI is InChI=1S/C12H23NO3/c1-11(2,3)14-8-6-7(13)9-10(8)16-12(4,5)15-9/h7-10H,6,13H2,1-5H3. The molecule has 94 valence electrons. The van der Waals surface area contributed by atoms with Gasteiger partial charge < -0.3 is 19.9 Å². The van der Waals surface area contributed by atoms with Gasteiger partial charge in [0.2, 0.25) is 0 Å². The molecule has 0 spiro atoms. The van der Waals surface area contributed by atoms with E-state index < -0.39 is 5.79 Å². The monoisotopic (exact) mass is 229 g/mol. The fourth-order valence-corrected chi connectivity index (χ4v) is 2.54. The van der Waals surface area contributed by atoms with Gasteiger partial charge in [-0.05, 0) is 41.0 Å². The van der Waals surface area contributed by atoms with Crippen LogP contribution < -0.4 is 5.73 Å². The normalized spacial score (nSPS) is 42.4. The van der Waals surface area contributed by atoms with Crippen LogP contribution in [0.3, 0.4) is 0 Å². The summed E-state index contributed by atoms with van der Waals surface area (Å²) in [6.45, 7) is 9.99. The van der Waals surface area contributed by atoms with E-state index in [0.29, 0.717) is 0 Å². The first kappa shape index (κ1) is 12.3. The predicted octanol–water partition coefficient (Wildman–Crippen LogP) is 1.42. The van der Waals surface area contributed by atoms with Crippen molar-refractivity contribution in [3.05, 3.63) is 0 Å². The Morgan fingerprint density at radius 2 is 1.75 bits per heavy atom. The van der Waals surface area contributed by atoms with Crippen molar-refractivity contribution in [2.75, 3.05) is 0 Å².